The van der Waals surface area contributed by atoms with E-state index in [9.17, 15) is 0 Å². The Labute approximate surface area is 116 Å². The molecule has 2 rings (SSSR count). The van der Waals surface area contributed by atoms with E-state index in [2.05, 4.69) is 19.2 Å². The molecule has 3 N–H and O–H groups in total. The summed E-state index contributed by atoms with van der Waals surface area (Å²) >= 11 is 0. The molecule has 3 nitrogen and oxygen atoms in total. The highest BCUT2D eigenvalue weighted by molar-refractivity contribution is 5.59. The van der Waals surface area contributed by atoms with Crippen molar-refractivity contribution in [3.05, 3.63) is 18.2 Å². The molecule has 106 valence electrons. The second kappa shape index (κ2) is 5.32. The van der Waals surface area contributed by atoms with Gasteiger partial charge in [0.1, 0.15) is 5.75 Å². The van der Waals surface area contributed by atoms with Crippen LogP contribution in [0.2, 0.25) is 0 Å². The molecular weight excluding hydrogens is 236 g/mol. The van der Waals surface area contributed by atoms with Gasteiger partial charge in [-0.25, -0.2) is 0 Å². The summed E-state index contributed by atoms with van der Waals surface area (Å²) in [5.74, 6) is 0.842. The van der Waals surface area contributed by atoms with Crippen LogP contribution >= 0.6 is 0 Å². The molecule has 0 radical (unpaired) electrons. The Balaban J connectivity index is 2.06. The molecule has 0 saturated heterocycles. The van der Waals surface area contributed by atoms with E-state index in [0.29, 0.717) is 11.5 Å². The summed E-state index contributed by atoms with van der Waals surface area (Å²) in [6.45, 7) is 8.72. The maximum absolute atomic E-state index is 5.94. The maximum Gasteiger partial charge on any atom is 0.123 e. The van der Waals surface area contributed by atoms with E-state index in [4.69, 9.17) is 10.5 Å². The maximum atomic E-state index is 5.94. The van der Waals surface area contributed by atoms with Crippen molar-refractivity contribution in [1.82, 2.24) is 0 Å². The van der Waals surface area contributed by atoms with Gasteiger partial charge in [0.05, 0.1) is 6.10 Å². The van der Waals surface area contributed by atoms with Gasteiger partial charge in [-0.2, -0.15) is 0 Å². The summed E-state index contributed by atoms with van der Waals surface area (Å²) in [5, 5.41) is 3.59. The molecule has 19 heavy (non-hydrogen) atoms. The highest BCUT2D eigenvalue weighted by Gasteiger charge is 2.30. The molecular formula is C16H26N2O. The van der Waals surface area contributed by atoms with E-state index < -0.39 is 0 Å². The molecule has 1 fully saturated rings. The van der Waals surface area contributed by atoms with E-state index in [0.717, 1.165) is 17.1 Å². The minimum Gasteiger partial charge on any atom is -0.491 e. The Hall–Kier alpha value is -1.38. The number of rotatable bonds is 4. The van der Waals surface area contributed by atoms with Crippen molar-refractivity contribution < 1.29 is 4.74 Å². The molecule has 1 atom stereocenters. The van der Waals surface area contributed by atoms with Crippen LogP contribution in [0.1, 0.15) is 47.0 Å². The zero-order valence-electron chi connectivity index (χ0n) is 12.5. The third-order valence-electron chi connectivity index (χ3n) is 3.64. The van der Waals surface area contributed by atoms with Crippen molar-refractivity contribution in [2.24, 2.45) is 5.41 Å². The highest BCUT2D eigenvalue weighted by atomic mass is 16.5. The molecule has 3 heteroatoms. The molecule has 0 bridgehead atoms. The van der Waals surface area contributed by atoms with Crippen molar-refractivity contribution in [3.8, 4) is 5.75 Å². The van der Waals surface area contributed by atoms with Crippen LogP contribution in [0.4, 0.5) is 11.4 Å². The van der Waals surface area contributed by atoms with Crippen molar-refractivity contribution in [3.63, 3.8) is 0 Å². The minimum absolute atomic E-state index is 0.167. The van der Waals surface area contributed by atoms with Crippen LogP contribution in [0, 0.1) is 5.41 Å². The van der Waals surface area contributed by atoms with E-state index in [1.54, 1.807) is 0 Å². The van der Waals surface area contributed by atoms with Crippen LogP contribution in [0.5, 0.6) is 5.75 Å². The SMILES string of the molecule is CC(C)Oc1cc(N)cc(NC2CCC(C)(C)C2)c1. The number of hydrogen-bond donors (Lipinski definition) is 2. The first-order valence-electron chi connectivity index (χ1n) is 7.18. The number of anilines is 2. The number of nitrogens with one attached hydrogen (secondary N) is 1. The number of benzene rings is 1. The van der Waals surface area contributed by atoms with Gasteiger partial charge in [0.2, 0.25) is 0 Å². The second-order valence-corrected chi connectivity index (χ2v) is 6.71. The second-order valence-electron chi connectivity index (χ2n) is 6.71. The largest absolute Gasteiger partial charge is 0.491 e. The third-order valence-corrected chi connectivity index (χ3v) is 3.64. The van der Waals surface area contributed by atoms with Gasteiger partial charge in [-0.05, 0) is 44.6 Å². The van der Waals surface area contributed by atoms with E-state index >= 15 is 0 Å². The van der Waals surface area contributed by atoms with Crippen molar-refractivity contribution in [1.29, 1.82) is 0 Å². The quantitative estimate of drug-likeness (QED) is 0.805. The lowest BCUT2D eigenvalue weighted by Crippen LogP contribution is -2.17. The Morgan fingerprint density at radius 2 is 2.05 bits per heavy atom. The lowest BCUT2D eigenvalue weighted by molar-refractivity contribution is 0.242. The van der Waals surface area contributed by atoms with E-state index in [-0.39, 0.29) is 6.10 Å². The van der Waals surface area contributed by atoms with Crippen molar-refractivity contribution in [2.75, 3.05) is 11.1 Å². The van der Waals surface area contributed by atoms with Crippen LogP contribution in [0.25, 0.3) is 0 Å². The fraction of sp³-hybridized carbons (Fsp3) is 0.625. The topological polar surface area (TPSA) is 47.3 Å². The highest BCUT2D eigenvalue weighted by Crippen LogP contribution is 2.38. The van der Waals surface area contributed by atoms with Gasteiger partial charge in [0.15, 0.2) is 0 Å². The first-order chi connectivity index (χ1) is 8.84. The van der Waals surface area contributed by atoms with E-state index in [1.165, 1.54) is 19.3 Å². The number of nitrogens with two attached hydrogens (primary N) is 1. The first-order valence-corrected chi connectivity index (χ1v) is 7.18. The summed E-state index contributed by atoms with van der Waals surface area (Å²) < 4.78 is 5.72. The van der Waals surface area contributed by atoms with Gasteiger partial charge < -0.3 is 15.8 Å². The molecule has 1 unspecified atom stereocenters. The molecule has 1 aromatic rings. The fourth-order valence-electron chi connectivity index (χ4n) is 2.84. The van der Waals surface area contributed by atoms with Crippen LogP contribution < -0.4 is 15.8 Å². The standard InChI is InChI=1S/C16H26N2O/c1-11(2)19-15-8-12(17)7-14(9-15)18-13-5-6-16(3,4)10-13/h7-9,11,13,18H,5-6,10,17H2,1-4H3. The molecule has 1 aromatic carbocycles. The molecule has 1 aliphatic rings. The van der Waals surface area contributed by atoms with Crippen LogP contribution in [0.3, 0.4) is 0 Å². The summed E-state index contributed by atoms with van der Waals surface area (Å²) in [4.78, 5) is 0. The summed E-state index contributed by atoms with van der Waals surface area (Å²) in [7, 11) is 0. The van der Waals surface area contributed by atoms with Gasteiger partial charge in [-0.3, -0.25) is 0 Å². The molecule has 1 aliphatic carbocycles. The lowest BCUT2D eigenvalue weighted by atomic mass is 9.92. The van der Waals surface area contributed by atoms with E-state index in [1.807, 2.05) is 32.0 Å². The molecule has 0 heterocycles. The van der Waals surface area contributed by atoms with Gasteiger partial charge in [0.25, 0.3) is 0 Å². The molecule has 1 saturated carbocycles. The third kappa shape index (κ3) is 4.05. The zero-order chi connectivity index (χ0) is 14.0. The van der Waals surface area contributed by atoms with Gasteiger partial charge >= 0.3 is 0 Å². The van der Waals surface area contributed by atoms with Crippen LogP contribution in [0.15, 0.2) is 18.2 Å². The first kappa shape index (κ1) is 14.0. The molecule has 0 spiro atoms. The fourth-order valence-corrected chi connectivity index (χ4v) is 2.84. The Morgan fingerprint density at radius 1 is 1.32 bits per heavy atom. The lowest BCUT2D eigenvalue weighted by Gasteiger charge is -2.19. The van der Waals surface area contributed by atoms with Crippen LogP contribution in [-0.4, -0.2) is 12.1 Å². The number of hydrogen-bond acceptors (Lipinski definition) is 3. The van der Waals surface area contributed by atoms with Crippen molar-refractivity contribution in [2.45, 2.75) is 59.1 Å². The minimum atomic E-state index is 0.167. The molecule has 0 amide bonds. The Morgan fingerprint density at radius 3 is 2.63 bits per heavy atom. The summed E-state index contributed by atoms with van der Waals surface area (Å²) in [6.07, 6.45) is 3.88. The number of ether oxygens (including phenoxy) is 1. The monoisotopic (exact) mass is 262 g/mol. The number of nitrogen functional groups attached to an aromatic ring is 1. The summed E-state index contributed by atoms with van der Waals surface area (Å²) in [6, 6.07) is 6.45. The van der Waals surface area contributed by atoms with Gasteiger partial charge in [0, 0.05) is 29.5 Å². The molecule has 0 aliphatic heterocycles. The normalized spacial score (nSPS) is 21.6. The Bertz CT molecular complexity index is 440. The zero-order valence-corrected chi connectivity index (χ0v) is 12.5. The van der Waals surface area contributed by atoms with Gasteiger partial charge in [-0.15, -0.1) is 0 Å². The predicted octanol–water partition coefficient (Wildman–Crippen LogP) is 4.05. The van der Waals surface area contributed by atoms with Crippen LogP contribution in [-0.2, 0) is 0 Å². The van der Waals surface area contributed by atoms with Gasteiger partial charge in [-0.1, -0.05) is 13.8 Å². The summed E-state index contributed by atoms with van der Waals surface area (Å²) in [5.41, 5.74) is 8.21. The predicted molar refractivity (Wildman–Crippen MR) is 81.7 cm³/mol. The Kier molecular flexibility index (Phi) is 3.93. The average molecular weight is 262 g/mol. The van der Waals surface area contributed by atoms with Crippen molar-refractivity contribution >= 4 is 11.4 Å². The average Bonchev–Trinajstić information content (AvgIpc) is 2.55. The smallest absolute Gasteiger partial charge is 0.123 e. The molecule has 0 aromatic heterocycles.